The standard InChI is InChI=1S/C21H25N3O2S.CH3Cl/c1-24-18-12-7-5-10-16(18)21(17-11-6-8-13-19(17)27-24)22-15-9-3-2-4-14-20(25)23-26;1-2/h5-8,10-13,21-22H,2-4,9,14-15H2,1H3;1H3. The second kappa shape index (κ2) is 12.6. The molecule has 156 valence electrons. The molecular weight excluding hydrogens is 406 g/mol. The van der Waals surface area contributed by atoms with Crippen LogP contribution in [0.25, 0.3) is 0 Å². The molecule has 1 atom stereocenters. The Kier molecular flexibility index (Phi) is 10.2. The maximum Gasteiger partial charge on any atom is 0.286 e. The van der Waals surface area contributed by atoms with E-state index in [1.54, 1.807) is 11.9 Å². The zero-order valence-electron chi connectivity index (χ0n) is 16.9. The van der Waals surface area contributed by atoms with Gasteiger partial charge in [-0.2, -0.15) is 0 Å². The number of anilines is 1. The first-order valence-electron chi connectivity index (χ1n) is 9.77. The number of nitrogens with zero attached hydrogens (tertiary/aromatic N) is 2. The first kappa shape index (κ1) is 23.4. The summed E-state index contributed by atoms with van der Waals surface area (Å²) >= 11 is 6.40. The van der Waals surface area contributed by atoms with Crippen molar-refractivity contribution in [3.63, 3.8) is 0 Å². The van der Waals surface area contributed by atoms with E-state index in [4.69, 9.17) is 0 Å². The van der Waals surface area contributed by atoms with Crippen molar-refractivity contribution in [2.75, 3.05) is 24.3 Å². The molecule has 7 heteroatoms. The van der Waals surface area contributed by atoms with Gasteiger partial charge in [-0.25, -0.2) is 0 Å². The lowest BCUT2D eigenvalue weighted by molar-refractivity contribution is -0.118. The lowest BCUT2D eigenvalue weighted by Crippen LogP contribution is -2.24. The minimum atomic E-state index is -0.540. The Morgan fingerprint density at radius 3 is 2.45 bits per heavy atom. The third kappa shape index (κ3) is 6.56. The molecule has 1 aliphatic heterocycles. The van der Waals surface area contributed by atoms with Crippen LogP contribution in [-0.4, -0.2) is 25.9 Å². The van der Waals surface area contributed by atoms with E-state index in [1.807, 2.05) is 0 Å². The quantitative estimate of drug-likeness (QED) is 0.242. The number of nitrogens with one attached hydrogen (secondary N) is 1. The normalized spacial score (nSPS) is 14.7. The summed E-state index contributed by atoms with van der Waals surface area (Å²) in [7, 11) is 2.11. The molecule has 0 radical (unpaired) electrons. The monoisotopic (exact) mass is 433 g/mol. The summed E-state index contributed by atoms with van der Waals surface area (Å²) < 4.78 is 2.23. The number of alkyl halides is 1. The third-order valence-electron chi connectivity index (χ3n) is 4.82. The average Bonchev–Trinajstić information content (AvgIpc) is 2.89. The molecule has 1 heterocycles. The number of halogens is 1. The molecule has 0 saturated carbocycles. The zero-order chi connectivity index (χ0) is 21.1. The molecule has 2 aromatic carbocycles. The van der Waals surface area contributed by atoms with Crippen LogP contribution in [0, 0.1) is 4.91 Å². The summed E-state index contributed by atoms with van der Waals surface area (Å²) in [5.74, 6) is -0.540. The minimum Gasteiger partial charge on any atom is -0.315 e. The number of unbranched alkanes of at least 4 members (excludes halogenated alkanes) is 3. The number of benzene rings is 2. The van der Waals surface area contributed by atoms with Gasteiger partial charge in [0.2, 0.25) is 0 Å². The molecule has 3 rings (SSSR count). The molecule has 0 fully saturated rings. The SMILES string of the molecule is CCl.CN1Sc2ccccc2C(NCCCCCCC(=O)N=O)c2ccccc21. The van der Waals surface area contributed by atoms with Crippen molar-refractivity contribution in [1.82, 2.24) is 5.32 Å². The average molecular weight is 434 g/mol. The van der Waals surface area contributed by atoms with Gasteiger partial charge in [-0.3, -0.25) is 4.79 Å². The van der Waals surface area contributed by atoms with Crippen LogP contribution in [0.5, 0.6) is 0 Å². The number of hydrogen-bond donors (Lipinski definition) is 1. The number of hydrogen-bond acceptors (Lipinski definition) is 5. The minimum absolute atomic E-state index is 0.163. The molecule has 1 amide bonds. The number of fused-ring (bicyclic) bond motifs is 2. The molecule has 1 N–H and O–H groups in total. The van der Waals surface area contributed by atoms with Gasteiger partial charge in [0, 0.05) is 29.9 Å². The van der Waals surface area contributed by atoms with Crippen molar-refractivity contribution in [2.24, 2.45) is 5.18 Å². The van der Waals surface area contributed by atoms with Crippen LogP contribution in [0.3, 0.4) is 0 Å². The van der Waals surface area contributed by atoms with Crippen molar-refractivity contribution in [1.29, 1.82) is 0 Å². The largest absolute Gasteiger partial charge is 0.315 e. The Bertz CT molecular complexity index is 803. The lowest BCUT2D eigenvalue weighted by atomic mass is 9.96. The van der Waals surface area contributed by atoms with Gasteiger partial charge in [0.05, 0.1) is 11.7 Å². The van der Waals surface area contributed by atoms with E-state index in [9.17, 15) is 9.70 Å². The van der Waals surface area contributed by atoms with E-state index in [0.29, 0.717) is 0 Å². The predicted molar refractivity (Wildman–Crippen MR) is 123 cm³/mol. The summed E-state index contributed by atoms with van der Waals surface area (Å²) in [5.41, 5.74) is 3.83. The van der Waals surface area contributed by atoms with Crippen LogP contribution >= 0.6 is 23.5 Å². The fourth-order valence-corrected chi connectivity index (χ4v) is 4.44. The van der Waals surface area contributed by atoms with Gasteiger partial charge in [-0.05, 0) is 54.6 Å². The molecular formula is C22H28ClN3O2S. The number of amides is 1. The highest BCUT2D eigenvalue weighted by atomic mass is 35.5. The summed E-state index contributed by atoms with van der Waals surface area (Å²) in [6.07, 6.45) is 5.49. The molecule has 0 bridgehead atoms. The van der Waals surface area contributed by atoms with Crippen LogP contribution in [-0.2, 0) is 4.79 Å². The molecule has 0 spiro atoms. The van der Waals surface area contributed by atoms with Crippen molar-refractivity contribution < 1.29 is 4.79 Å². The Morgan fingerprint density at radius 1 is 1.03 bits per heavy atom. The fourth-order valence-electron chi connectivity index (χ4n) is 3.45. The summed E-state index contributed by atoms with van der Waals surface area (Å²) in [6, 6.07) is 17.3. The molecule has 0 aromatic heterocycles. The maximum atomic E-state index is 10.9. The van der Waals surface area contributed by atoms with Crippen LogP contribution in [0.15, 0.2) is 58.6 Å². The lowest BCUT2D eigenvalue weighted by Gasteiger charge is -2.22. The van der Waals surface area contributed by atoms with E-state index >= 15 is 0 Å². The number of rotatable bonds is 8. The van der Waals surface area contributed by atoms with E-state index in [1.165, 1.54) is 28.1 Å². The van der Waals surface area contributed by atoms with Crippen molar-refractivity contribution in [2.45, 2.75) is 43.0 Å². The molecule has 5 nitrogen and oxygen atoms in total. The summed E-state index contributed by atoms with van der Waals surface area (Å²) in [6.45, 7) is 0.904. The third-order valence-corrected chi connectivity index (χ3v) is 5.86. The summed E-state index contributed by atoms with van der Waals surface area (Å²) in [5, 5.41) is 6.16. The van der Waals surface area contributed by atoms with Gasteiger partial charge in [0.25, 0.3) is 5.91 Å². The second-order valence-corrected chi connectivity index (χ2v) is 7.89. The van der Waals surface area contributed by atoms with Crippen LogP contribution in [0.4, 0.5) is 5.69 Å². The molecule has 0 aliphatic carbocycles. The Balaban J connectivity index is 0.00000145. The number of para-hydroxylation sites is 1. The fraction of sp³-hybridized carbons (Fsp3) is 0.409. The summed E-state index contributed by atoms with van der Waals surface area (Å²) in [4.78, 5) is 22.3. The molecule has 1 unspecified atom stereocenters. The van der Waals surface area contributed by atoms with Gasteiger partial charge >= 0.3 is 0 Å². The second-order valence-electron chi connectivity index (χ2n) is 6.72. The van der Waals surface area contributed by atoms with Gasteiger partial charge < -0.3 is 9.62 Å². The highest BCUT2D eigenvalue weighted by Gasteiger charge is 2.25. The van der Waals surface area contributed by atoms with Gasteiger partial charge in [0.15, 0.2) is 0 Å². The van der Waals surface area contributed by atoms with Crippen LogP contribution < -0.4 is 9.62 Å². The smallest absolute Gasteiger partial charge is 0.286 e. The van der Waals surface area contributed by atoms with Crippen molar-refractivity contribution in [3.8, 4) is 0 Å². The van der Waals surface area contributed by atoms with Gasteiger partial charge in [0.1, 0.15) is 0 Å². The number of carbonyl (C=O) groups is 1. The van der Waals surface area contributed by atoms with Crippen LogP contribution in [0.2, 0.25) is 0 Å². The topological polar surface area (TPSA) is 61.8 Å². The number of nitroso groups, excluding NO2 is 1. The highest BCUT2D eigenvalue weighted by Crippen LogP contribution is 2.42. The maximum absolute atomic E-state index is 10.9. The number of carbonyl (C=O) groups excluding carboxylic acids is 1. The van der Waals surface area contributed by atoms with E-state index in [-0.39, 0.29) is 12.5 Å². The van der Waals surface area contributed by atoms with Gasteiger partial charge in [-0.15, -0.1) is 16.5 Å². The molecule has 29 heavy (non-hydrogen) atoms. The first-order chi connectivity index (χ1) is 14.2. The Labute approximate surface area is 182 Å². The molecule has 1 aliphatic rings. The predicted octanol–water partition coefficient (Wildman–Crippen LogP) is 5.92. The highest BCUT2D eigenvalue weighted by molar-refractivity contribution is 8.00. The van der Waals surface area contributed by atoms with E-state index in [2.05, 4.69) is 82.0 Å². The van der Waals surface area contributed by atoms with E-state index < -0.39 is 5.91 Å². The van der Waals surface area contributed by atoms with Crippen LogP contribution in [0.1, 0.15) is 49.3 Å². The van der Waals surface area contributed by atoms with Crippen molar-refractivity contribution >= 4 is 35.1 Å². The van der Waals surface area contributed by atoms with Crippen molar-refractivity contribution in [3.05, 3.63) is 64.6 Å². The Hall–Kier alpha value is -1.89. The van der Waals surface area contributed by atoms with E-state index in [0.717, 1.165) is 32.2 Å². The zero-order valence-corrected chi connectivity index (χ0v) is 18.5. The van der Waals surface area contributed by atoms with Gasteiger partial charge in [-0.1, -0.05) is 49.2 Å². The molecule has 0 saturated heterocycles. The molecule has 2 aromatic rings. The first-order valence-corrected chi connectivity index (χ1v) is 11.3. The Morgan fingerprint density at radius 2 is 1.69 bits per heavy atom.